The molecule has 1 rings (SSSR count). The van der Waals surface area contributed by atoms with Gasteiger partial charge < -0.3 is 20.5 Å². The normalized spacial score (nSPS) is 13.7. The van der Waals surface area contributed by atoms with Crippen LogP contribution >= 0.6 is 0 Å². The van der Waals surface area contributed by atoms with Crippen molar-refractivity contribution >= 4 is 11.6 Å². The summed E-state index contributed by atoms with van der Waals surface area (Å²) in [5.41, 5.74) is -0.761. The maximum absolute atomic E-state index is 10.1. The Balaban J connectivity index is 2.80. The minimum Gasteiger partial charge on any atom is -0.490 e. The minimum absolute atomic E-state index is 0.416. The average molecular weight is 268 g/mol. The van der Waals surface area contributed by atoms with Gasteiger partial charge in [-0.25, -0.2) is 9.97 Å². The average Bonchev–Trinajstić information content (AvgIpc) is 2.37. The smallest absolute Gasteiger partial charge is 0.204 e. The van der Waals surface area contributed by atoms with Crippen LogP contribution < -0.4 is 15.4 Å². The number of nitrogens with one attached hydrogen (secondary N) is 2. The van der Waals surface area contributed by atoms with Crippen LogP contribution in [0.15, 0.2) is 6.33 Å². The number of aliphatic hydroxyl groups is 1. The first-order chi connectivity index (χ1) is 9.04. The van der Waals surface area contributed by atoms with Crippen LogP contribution in [0, 0.1) is 0 Å². The monoisotopic (exact) mass is 268 g/mol. The van der Waals surface area contributed by atoms with Gasteiger partial charge in [0.25, 0.3) is 0 Å². The molecule has 0 spiro atoms. The molecular formula is C13H24N4O2. The molecule has 0 saturated heterocycles. The second kappa shape index (κ2) is 7.13. The summed E-state index contributed by atoms with van der Waals surface area (Å²) in [4.78, 5) is 8.29. The molecule has 1 atom stereocenters. The summed E-state index contributed by atoms with van der Waals surface area (Å²) >= 11 is 0. The molecule has 19 heavy (non-hydrogen) atoms. The topological polar surface area (TPSA) is 79.3 Å². The van der Waals surface area contributed by atoms with Crippen molar-refractivity contribution in [3.05, 3.63) is 6.33 Å². The number of methoxy groups -OCH3 is 1. The first kappa shape index (κ1) is 15.5. The Bertz CT molecular complexity index is 396. The highest BCUT2D eigenvalue weighted by Gasteiger charge is 2.20. The summed E-state index contributed by atoms with van der Waals surface area (Å²) < 4.78 is 5.32. The zero-order valence-electron chi connectivity index (χ0n) is 12.2. The van der Waals surface area contributed by atoms with E-state index in [0.29, 0.717) is 23.9 Å². The fourth-order valence-electron chi connectivity index (χ4n) is 1.89. The van der Waals surface area contributed by atoms with E-state index in [0.717, 1.165) is 19.4 Å². The molecule has 1 heterocycles. The van der Waals surface area contributed by atoms with Gasteiger partial charge in [0.15, 0.2) is 11.6 Å². The maximum Gasteiger partial charge on any atom is 0.204 e. The first-order valence-corrected chi connectivity index (χ1v) is 6.63. The van der Waals surface area contributed by atoms with Crippen LogP contribution in [-0.2, 0) is 0 Å². The first-order valence-electron chi connectivity index (χ1n) is 6.63. The van der Waals surface area contributed by atoms with E-state index in [1.54, 1.807) is 7.11 Å². The van der Waals surface area contributed by atoms with Crippen molar-refractivity contribution in [2.75, 3.05) is 30.8 Å². The molecule has 6 nitrogen and oxygen atoms in total. The Hall–Kier alpha value is -1.56. The van der Waals surface area contributed by atoms with Crippen LogP contribution in [0.25, 0.3) is 0 Å². The molecule has 0 fully saturated rings. The fourth-order valence-corrected chi connectivity index (χ4v) is 1.89. The Labute approximate surface area is 114 Å². The molecule has 0 amide bonds. The van der Waals surface area contributed by atoms with Crippen molar-refractivity contribution in [3.8, 4) is 5.75 Å². The molecular weight excluding hydrogens is 244 g/mol. The van der Waals surface area contributed by atoms with Crippen LogP contribution in [0.3, 0.4) is 0 Å². The van der Waals surface area contributed by atoms with Crippen molar-refractivity contribution in [2.45, 2.75) is 39.2 Å². The Morgan fingerprint density at radius 2 is 1.89 bits per heavy atom. The zero-order valence-corrected chi connectivity index (χ0v) is 12.2. The van der Waals surface area contributed by atoms with Gasteiger partial charge in [0.1, 0.15) is 6.33 Å². The number of rotatable bonds is 8. The van der Waals surface area contributed by atoms with Crippen LogP contribution in [0.4, 0.5) is 11.6 Å². The molecule has 0 aliphatic rings. The molecule has 0 aliphatic heterocycles. The lowest BCUT2D eigenvalue weighted by Crippen LogP contribution is -2.33. The summed E-state index contributed by atoms with van der Waals surface area (Å²) in [5, 5.41) is 16.4. The molecule has 1 unspecified atom stereocenters. The molecule has 108 valence electrons. The van der Waals surface area contributed by atoms with E-state index in [1.807, 2.05) is 20.8 Å². The second-order valence-electron chi connectivity index (χ2n) is 4.73. The molecule has 3 N–H and O–H groups in total. The number of hydrogen-bond donors (Lipinski definition) is 3. The predicted octanol–water partition coefficient (Wildman–Crippen LogP) is 1.88. The van der Waals surface area contributed by atoms with Gasteiger partial charge in [-0.3, -0.25) is 0 Å². The van der Waals surface area contributed by atoms with Gasteiger partial charge in [0.05, 0.1) is 12.7 Å². The van der Waals surface area contributed by atoms with E-state index in [4.69, 9.17) is 4.74 Å². The summed E-state index contributed by atoms with van der Waals surface area (Å²) in [6.07, 6.45) is 3.13. The van der Waals surface area contributed by atoms with E-state index in [9.17, 15) is 5.11 Å². The van der Waals surface area contributed by atoms with E-state index in [-0.39, 0.29) is 0 Å². The van der Waals surface area contributed by atoms with Gasteiger partial charge >= 0.3 is 0 Å². The second-order valence-corrected chi connectivity index (χ2v) is 4.73. The predicted molar refractivity (Wildman–Crippen MR) is 76.8 cm³/mol. The fraction of sp³-hybridized carbons (Fsp3) is 0.692. The summed E-state index contributed by atoms with van der Waals surface area (Å²) in [7, 11) is 1.58. The summed E-state index contributed by atoms with van der Waals surface area (Å²) in [6.45, 7) is 7.01. The maximum atomic E-state index is 10.1. The van der Waals surface area contributed by atoms with Crippen LogP contribution in [0.1, 0.15) is 33.6 Å². The SMILES string of the molecule is CCCC(C)(O)CNc1ncnc(NCC)c1OC. The third-order valence-corrected chi connectivity index (χ3v) is 2.78. The van der Waals surface area contributed by atoms with Crippen molar-refractivity contribution in [1.29, 1.82) is 0 Å². The van der Waals surface area contributed by atoms with Gasteiger partial charge in [-0.05, 0) is 20.3 Å². The molecule has 0 radical (unpaired) electrons. The lowest BCUT2D eigenvalue weighted by Gasteiger charge is -2.24. The van der Waals surface area contributed by atoms with Crippen LogP contribution in [-0.4, -0.2) is 40.9 Å². The van der Waals surface area contributed by atoms with Gasteiger partial charge in [-0.2, -0.15) is 0 Å². The molecule has 0 aliphatic carbocycles. The third kappa shape index (κ3) is 4.55. The van der Waals surface area contributed by atoms with Gasteiger partial charge in [-0.15, -0.1) is 0 Å². The van der Waals surface area contributed by atoms with Gasteiger partial charge in [0, 0.05) is 13.1 Å². The largest absolute Gasteiger partial charge is 0.490 e. The molecule has 0 aromatic carbocycles. The van der Waals surface area contributed by atoms with Gasteiger partial charge in [-0.1, -0.05) is 13.3 Å². The van der Waals surface area contributed by atoms with Crippen LogP contribution in [0.5, 0.6) is 5.75 Å². The zero-order chi connectivity index (χ0) is 14.3. The highest BCUT2D eigenvalue weighted by atomic mass is 16.5. The number of hydrogen-bond acceptors (Lipinski definition) is 6. The van der Waals surface area contributed by atoms with E-state index in [1.165, 1.54) is 6.33 Å². The molecule has 1 aromatic rings. The number of nitrogens with zero attached hydrogens (tertiary/aromatic N) is 2. The quantitative estimate of drug-likeness (QED) is 0.668. The summed E-state index contributed by atoms with van der Waals surface area (Å²) in [5.74, 6) is 1.80. The minimum atomic E-state index is -0.761. The molecule has 0 saturated carbocycles. The van der Waals surface area contributed by atoms with Crippen molar-refractivity contribution in [2.24, 2.45) is 0 Å². The molecule has 0 bridgehead atoms. The third-order valence-electron chi connectivity index (χ3n) is 2.78. The number of anilines is 2. The standard InChI is InChI=1S/C13H24N4O2/c1-5-7-13(3,18)8-15-12-10(19-4)11(14-6-2)16-9-17-12/h9,18H,5-8H2,1-4H3,(H2,14,15,16,17). The van der Waals surface area contributed by atoms with Crippen molar-refractivity contribution < 1.29 is 9.84 Å². The highest BCUT2D eigenvalue weighted by molar-refractivity contribution is 5.63. The Kier molecular flexibility index (Phi) is 5.82. The van der Waals surface area contributed by atoms with Gasteiger partial charge in [0.2, 0.25) is 5.75 Å². The lowest BCUT2D eigenvalue weighted by atomic mass is 10.0. The van der Waals surface area contributed by atoms with E-state index in [2.05, 4.69) is 20.6 Å². The highest BCUT2D eigenvalue weighted by Crippen LogP contribution is 2.29. The Morgan fingerprint density at radius 3 is 2.42 bits per heavy atom. The van der Waals surface area contributed by atoms with E-state index >= 15 is 0 Å². The number of aromatic nitrogens is 2. The van der Waals surface area contributed by atoms with Crippen LogP contribution in [0.2, 0.25) is 0 Å². The Morgan fingerprint density at radius 1 is 1.26 bits per heavy atom. The van der Waals surface area contributed by atoms with E-state index < -0.39 is 5.60 Å². The lowest BCUT2D eigenvalue weighted by molar-refractivity contribution is 0.0635. The van der Waals surface area contributed by atoms with Crippen molar-refractivity contribution in [3.63, 3.8) is 0 Å². The molecule has 1 aromatic heterocycles. The van der Waals surface area contributed by atoms with Crippen molar-refractivity contribution in [1.82, 2.24) is 9.97 Å². The molecule has 6 heteroatoms. The number of ether oxygens (including phenoxy) is 1. The summed E-state index contributed by atoms with van der Waals surface area (Å²) in [6, 6.07) is 0.